The summed E-state index contributed by atoms with van der Waals surface area (Å²) in [5.74, 6) is 0. The summed E-state index contributed by atoms with van der Waals surface area (Å²) < 4.78 is 0. The summed E-state index contributed by atoms with van der Waals surface area (Å²) in [5, 5.41) is 17.8. The van der Waals surface area contributed by atoms with Gasteiger partial charge >= 0.3 is 0 Å². The molecule has 3 heteroatoms. The number of nitrogens with zero attached hydrogens (tertiary/aromatic N) is 1. The van der Waals surface area contributed by atoms with Gasteiger partial charge in [0.1, 0.15) is 0 Å². The van der Waals surface area contributed by atoms with E-state index >= 15 is 0 Å². The molecule has 0 aromatic heterocycles. The predicted molar refractivity (Wildman–Crippen MR) is 42.1 cm³/mol. The monoisotopic (exact) mass is 167 g/mol. The van der Waals surface area contributed by atoms with E-state index in [0.717, 1.165) is 0 Å². The summed E-state index contributed by atoms with van der Waals surface area (Å²) in [5.41, 5.74) is 1.04. The van der Waals surface area contributed by atoms with Crippen LogP contribution >= 0.6 is 11.6 Å². The predicted octanol–water partition coefficient (Wildman–Crippen LogP) is 1.70. The smallest absolute Gasteiger partial charge is 0.0995 e. The Morgan fingerprint density at radius 1 is 1.55 bits per heavy atom. The number of aliphatic hydroxyl groups excluding tert-OH is 1. The number of halogens is 1. The van der Waals surface area contributed by atoms with Crippen LogP contribution in [0.2, 0.25) is 5.02 Å². The zero-order valence-corrected chi connectivity index (χ0v) is 6.47. The van der Waals surface area contributed by atoms with Crippen LogP contribution in [0.15, 0.2) is 18.2 Å². The number of aliphatic hydroxyl groups is 1. The highest BCUT2D eigenvalue weighted by Gasteiger charge is 1.99. The zero-order chi connectivity index (χ0) is 8.27. The summed E-state index contributed by atoms with van der Waals surface area (Å²) in [7, 11) is 0. The Bertz CT molecular complexity index is 303. The van der Waals surface area contributed by atoms with Crippen molar-refractivity contribution in [1.82, 2.24) is 0 Å². The van der Waals surface area contributed by atoms with Crippen LogP contribution in [-0.2, 0) is 6.61 Å². The van der Waals surface area contributed by atoms with E-state index in [4.69, 9.17) is 22.0 Å². The van der Waals surface area contributed by atoms with Gasteiger partial charge in [0.25, 0.3) is 0 Å². The van der Waals surface area contributed by atoms with Crippen molar-refractivity contribution in [2.45, 2.75) is 6.61 Å². The number of hydrogen-bond acceptors (Lipinski definition) is 2. The second-order valence-corrected chi connectivity index (χ2v) is 2.51. The fourth-order valence-electron chi connectivity index (χ4n) is 0.791. The molecule has 0 amide bonds. The van der Waals surface area contributed by atoms with Gasteiger partial charge in [-0.15, -0.1) is 0 Å². The summed E-state index contributed by atoms with van der Waals surface area (Å²) in [6.45, 7) is -0.125. The Balaban J connectivity index is 3.19. The Hall–Kier alpha value is -1.04. The van der Waals surface area contributed by atoms with Crippen LogP contribution in [0, 0.1) is 11.3 Å². The summed E-state index contributed by atoms with van der Waals surface area (Å²) >= 11 is 5.62. The minimum Gasteiger partial charge on any atom is -0.392 e. The van der Waals surface area contributed by atoms with Crippen molar-refractivity contribution in [1.29, 1.82) is 5.26 Å². The van der Waals surface area contributed by atoms with Crippen LogP contribution in [-0.4, -0.2) is 5.11 Å². The molecule has 1 rings (SSSR count). The molecule has 0 saturated carbocycles. The van der Waals surface area contributed by atoms with Crippen LogP contribution in [0.1, 0.15) is 11.1 Å². The van der Waals surface area contributed by atoms with Crippen LogP contribution in [0.4, 0.5) is 0 Å². The molecule has 0 bridgehead atoms. The van der Waals surface area contributed by atoms with Gasteiger partial charge in [-0.25, -0.2) is 0 Å². The number of benzene rings is 1. The van der Waals surface area contributed by atoms with Gasteiger partial charge in [-0.1, -0.05) is 17.7 Å². The first kappa shape index (κ1) is 8.06. The molecule has 0 saturated heterocycles. The second-order valence-electron chi connectivity index (χ2n) is 2.07. The first-order valence-corrected chi connectivity index (χ1v) is 3.45. The lowest BCUT2D eigenvalue weighted by Crippen LogP contribution is -1.87. The van der Waals surface area contributed by atoms with E-state index in [1.807, 2.05) is 6.07 Å². The van der Waals surface area contributed by atoms with E-state index in [-0.39, 0.29) is 6.61 Å². The van der Waals surface area contributed by atoms with Gasteiger partial charge in [0, 0.05) is 5.02 Å². The first-order chi connectivity index (χ1) is 5.27. The SMILES string of the molecule is N#Cc1cc(Cl)ccc1CO. The molecule has 2 nitrogen and oxygen atoms in total. The minimum absolute atomic E-state index is 0.125. The molecule has 1 aromatic rings. The minimum atomic E-state index is -0.125. The molecule has 0 heterocycles. The molecule has 56 valence electrons. The van der Waals surface area contributed by atoms with E-state index in [1.54, 1.807) is 12.1 Å². The van der Waals surface area contributed by atoms with Gasteiger partial charge in [-0.3, -0.25) is 0 Å². The number of nitriles is 1. The Kier molecular flexibility index (Phi) is 2.48. The molecule has 0 spiro atoms. The third-order valence-corrected chi connectivity index (χ3v) is 1.60. The second kappa shape index (κ2) is 3.38. The lowest BCUT2D eigenvalue weighted by atomic mass is 10.1. The molecule has 0 aliphatic carbocycles. The molecule has 0 radical (unpaired) electrons. The maximum atomic E-state index is 8.75. The molecule has 0 atom stereocenters. The Labute approximate surface area is 69.7 Å². The van der Waals surface area contributed by atoms with E-state index < -0.39 is 0 Å². The van der Waals surface area contributed by atoms with Crippen molar-refractivity contribution in [3.05, 3.63) is 34.3 Å². The van der Waals surface area contributed by atoms with Crippen molar-refractivity contribution in [3.63, 3.8) is 0 Å². The van der Waals surface area contributed by atoms with Crippen molar-refractivity contribution >= 4 is 11.6 Å². The van der Waals surface area contributed by atoms with Gasteiger partial charge in [-0.05, 0) is 17.7 Å². The van der Waals surface area contributed by atoms with E-state index in [9.17, 15) is 0 Å². The normalized spacial score (nSPS) is 9.18. The average molecular weight is 168 g/mol. The number of rotatable bonds is 1. The van der Waals surface area contributed by atoms with Crippen LogP contribution in [0.5, 0.6) is 0 Å². The zero-order valence-electron chi connectivity index (χ0n) is 5.71. The van der Waals surface area contributed by atoms with Gasteiger partial charge in [0.2, 0.25) is 0 Å². The molecule has 0 aliphatic heterocycles. The fourth-order valence-corrected chi connectivity index (χ4v) is 0.963. The highest BCUT2D eigenvalue weighted by molar-refractivity contribution is 6.30. The van der Waals surface area contributed by atoms with E-state index in [1.165, 1.54) is 6.07 Å². The fraction of sp³-hybridized carbons (Fsp3) is 0.125. The third-order valence-electron chi connectivity index (χ3n) is 1.36. The van der Waals surface area contributed by atoms with Gasteiger partial charge in [0.05, 0.1) is 18.2 Å². The summed E-state index contributed by atoms with van der Waals surface area (Å²) in [4.78, 5) is 0. The van der Waals surface area contributed by atoms with E-state index in [0.29, 0.717) is 16.1 Å². The van der Waals surface area contributed by atoms with Crippen LogP contribution in [0.3, 0.4) is 0 Å². The van der Waals surface area contributed by atoms with Crippen LogP contribution < -0.4 is 0 Å². The molecular formula is C8H6ClNO. The molecule has 11 heavy (non-hydrogen) atoms. The number of hydrogen-bond donors (Lipinski definition) is 1. The maximum absolute atomic E-state index is 8.75. The molecular weight excluding hydrogens is 162 g/mol. The molecule has 0 unspecified atom stereocenters. The largest absolute Gasteiger partial charge is 0.392 e. The highest BCUT2D eigenvalue weighted by atomic mass is 35.5. The lowest BCUT2D eigenvalue weighted by Gasteiger charge is -1.98. The van der Waals surface area contributed by atoms with Gasteiger partial charge in [-0.2, -0.15) is 5.26 Å². The van der Waals surface area contributed by atoms with Crippen molar-refractivity contribution < 1.29 is 5.11 Å². The van der Waals surface area contributed by atoms with Crippen LogP contribution in [0.25, 0.3) is 0 Å². The van der Waals surface area contributed by atoms with Crippen molar-refractivity contribution in [2.75, 3.05) is 0 Å². The topological polar surface area (TPSA) is 44.0 Å². The first-order valence-electron chi connectivity index (χ1n) is 3.07. The Morgan fingerprint density at radius 2 is 2.27 bits per heavy atom. The van der Waals surface area contributed by atoms with Crippen molar-refractivity contribution in [2.24, 2.45) is 0 Å². The highest BCUT2D eigenvalue weighted by Crippen LogP contribution is 2.14. The maximum Gasteiger partial charge on any atom is 0.0995 e. The third kappa shape index (κ3) is 1.70. The molecule has 0 fully saturated rings. The lowest BCUT2D eigenvalue weighted by molar-refractivity contribution is 0.281. The molecule has 1 aromatic carbocycles. The summed E-state index contributed by atoms with van der Waals surface area (Å²) in [6.07, 6.45) is 0. The Morgan fingerprint density at radius 3 is 2.82 bits per heavy atom. The molecule has 0 aliphatic rings. The molecule has 1 N–H and O–H groups in total. The quantitative estimate of drug-likeness (QED) is 0.692. The van der Waals surface area contributed by atoms with E-state index in [2.05, 4.69) is 0 Å². The standard InChI is InChI=1S/C8H6ClNO/c9-8-2-1-6(5-11)7(3-8)4-10/h1-3,11H,5H2. The average Bonchev–Trinajstić information content (AvgIpc) is 2.04. The van der Waals surface area contributed by atoms with Crippen molar-refractivity contribution in [3.8, 4) is 6.07 Å². The van der Waals surface area contributed by atoms with Gasteiger partial charge < -0.3 is 5.11 Å². The van der Waals surface area contributed by atoms with Gasteiger partial charge in [0.15, 0.2) is 0 Å². The summed E-state index contributed by atoms with van der Waals surface area (Å²) in [6, 6.07) is 6.76.